The fourth-order valence-corrected chi connectivity index (χ4v) is 2.50. The fourth-order valence-electron chi connectivity index (χ4n) is 2.50. The number of ketones is 1. The van der Waals surface area contributed by atoms with E-state index in [-0.39, 0.29) is 24.1 Å². The van der Waals surface area contributed by atoms with Crippen LogP contribution in [0.15, 0.2) is 30.9 Å². The number of nitrogens with zero attached hydrogens (tertiary/aromatic N) is 2. The van der Waals surface area contributed by atoms with Gasteiger partial charge in [-0.25, -0.2) is 4.98 Å². The van der Waals surface area contributed by atoms with Crippen LogP contribution < -0.4 is 4.74 Å². The lowest BCUT2D eigenvalue weighted by atomic mass is 9.93. The number of phenols is 1. The van der Waals surface area contributed by atoms with Crippen LogP contribution in [0.2, 0.25) is 0 Å². The maximum atomic E-state index is 12.6. The molecule has 2 aromatic rings. The SMILES string of the molecule is CC(C)c1cc(O)cc2c1OCC(n1ccnc1)C2=O. The average Bonchev–Trinajstić information content (AvgIpc) is 2.92. The number of Topliss-reactive ketones (excluding diaryl/α,β-unsaturated/α-hetero) is 1. The summed E-state index contributed by atoms with van der Waals surface area (Å²) < 4.78 is 7.52. The topological polar surface area (TPSA) is 64.3 Å². The maximum Gasteiger partial charge on any atom is 0.192 e. The Morgan fingerprint density at radius 2 is 2.25 bits per heavy atom. The van der Waals surface area contributed by atoms with Crippen molar-refractivity contribution in [2.75, 3.05) is 6.61 Å². The molecule has 20 heavy (non-hydrogen) atoms. The Morgan fingerprint density at radius 1 is 1.45 bits per heavy atom. The standard InChI is InChI=1S/C15H16N2O3/c1-9(2)11-5-10(18)6-12-14(19)13(7-20-15(11)12)17-4-3-16-8-17/h3-6,8-9,13,18H,7H2,1-2H3. The molecular weight excluding hydrogens is 256 g/mol. The highest BCUT2D eigenvalue weighted by Crippen LogP contribution is 2.38. The third-order valence-corrected chi connectivity index (χ3v) is 3.56. The minimum absolute atomic E-state index is 0.0537. The van der Waals surface area contributed by atoms with Crippen LogP contribution in [0, 0.1) is 0 Å². The Kier molecular flexibility index (Phi) is 2.97. The number of hydrogen-bond donors (Lipinski definition) is 1. The van der Waals surface area contributed by atoms with Crippen molar-refractivity contribution < 1.29 is 14.6 Å². The van der Waals surface area contributed by atoms with Gasteiger partial charge in [-0.15, -0.1) is 0 Å². The lowest BCUT2D eigenvalue weighted by molar-refractivity contribution is 0.0838. The third-order valence-electron chi connectivity index (χ3n) is 3.56. The molecule has 1 aliphatic heterocycles. The summed E-state index contributed by atoms with van der Waals surface area (Å²) >= 11 is 0. The largest absolute Gasteiger partial charge is 0.508 e. The second-order valence-electron chi connectivity index (χ2n) is 5.27. The van der Waals surface area contributed by atoms with Gasteiger partial charge in [0.15, 0.2) is 5.78 Å². The summed E-state index contributed by atoms with van der Waals surface area (Å²) in [5.41, 5.74) is 1.30. The van der Waals surface area contributed by atoms with Crippen molar-refractivity contribution in [3.8, 4) is 11.5 Å². The third kappa shape index (κ3) is 1.95. The van der Waals surface area contributed by atoms with Gasteiger partial charge in [0.25, 0.3) is 0 Å². The molecule has 1 aromatic carbocycles. The van der Waals surface area contributed by atoms with Crippen molar-refractivity contribution in [2.45, 2.75) is 25.8 Å². The molecule has 1 aliphatic rings. The number of aromatic nitrogens is 2. The van der Waals surface area contributed by atoms with Gasteiger partial charge in [0.2, 0.25) is 0 Å². The van der Waals surface area contributed by atoms with Gasteiger partial charge in [0.1, 0.15) is 24.1 Å². The monoisotopic (exact) mass is 272 g/mol. The summed E-state index contributed by atoms with van der Waals surface area (Å²) in [7, 11) is 0. The van der Waals surface area contributed by atoms with E-state index in [0.29, 0.717) is 11.3 Å². The molecule has 1 atom stereocenters. The van der Waals surface area contributed by atoms with Crippen molar-refractivity contribution in [1.82, 2.24) is 9.55 Å². The summed E-state index contributed by atoms with van der Waals surface area (Å²) in [6.45, 7) is 4.29. The van der Waals surface area contributed by atoms with Crippen molar-refractivity contribution in [3.63, 3.8) is 0 Å². The summed E-state index contributed by atoms with van der Waals surface area (Å²) in [6.07, 6.45) is 4.97. The first-order valence-electron chi connectivity index (χ1n) is 6.59. The molecule has 0 saturated heterocycles. The smallest absolute Gasteiger partial charge is 0.192 e. The van der Waals surface area contributed by atoms with Crippen LogP contribution in [0.3, 0.4) is 0 Å². The predicted octanol–water partition coefficient (Wildman–Crippen LogP) is 2.53. The van der Waals surface area contributed by atoms with Gasteiger partial charge >= 0.3 is 0 Å². The Morgan fingerprint density at radius 3 is 2.90 bits per heavy atom. The van der Waals surface area contributed by atoms with E-state index < -0.39 is 6.04 Å². The highest BCUT2D eigenvalue weighted by molar-refractivity contribution is 6.03. The van der Waals surface area contributed by atoms with Crippen LogP contribution >= 0.6 is 0 Å². The number of imidazole rings is 1. The Labute approximate surface area is 116 Å². The van der Waals surface area contributed by atoms with Crippen molar-refractivity contribution in [2.24, 2.45) is 0 Å². The summed E-state index contributed by atoms with van der Waals surface area (Å²) in [5, 5.41) is 9.83. The number of rotatable bonds is 2. The first-order chi connectivity index (χ1) is 9.58. The van der Waals surface area contributed by atoms with Crippen LogP contribution in [0.5, 0.6) is 11.5 Å². The molecule has 0 amide bonds. The molecule has 0 radical (unpaired) electrons. The second kappa shape index (κ2) is 4.67. The molecule has 1 unspecified atom stereocenters. The summed E-state index contributed by atoms with van der Waals surface area (Å²) in [6, 6.07) is 2.72. The van der Waals surface area contributed by atoms with Gasteiger partial charge in [-0.1, -0.05) is 13.8 Å². The molecule has 0 spiro atoms. The van der Waals surface area contributed by atoms with Crippen molar-refractivity contribution >= 4 is 5.78 Å². The Hall–Kier alpha value is -2.30. The molecule has 1 aromatic heterocycles. The zero-order valence-electron chi connectivity index (χ0n) is 11.4. The highest BCUT2D eigenvalue weighted by Gasteiger charge is 2.32. The number of phenolic OH excluding ortho intramolecular Hbond substituents is 1. The van der Waals surface area contributed by atoms with Crippen LogP contribution in [0.4, 0.5) is 0 Å². The number of aromatic hydroxyl groups is 1. The van der Waals surface area contributed by atoms with Gasteiger partial charge in [0.05, 0.1) is 11.9 Å². The minimum Gasteiger partial charge on any atom is -0.508 e. The normalized spacial score (nSPS) is 17.9. The number of carbonyl (C=O) groups is 1. The zero-order chi connectivity index (χ0) is 14.3. The van der Waals surface area contributed by atoms with E-state index in [1.807, 2.05) is 13.8 Å². The number of carbonyl (C=O) groups excluding carboxylic acids is 1. The Balaban J connectivity index is 2.08. The van der Waals surface area contributed by atoms with E-state index in [1.165, 1.54) is 6.07 Å². The van der Waals surface area contributed by atoms with Gasteiger partial charge in [-0.2, -0.15) is 0 Å². The molecule has 0 saturated carbocycles. The quantitative estimate of drug-likeness (QED) is 0.912. The number of benzene rings is 1. The molecular formula is C15H16N2O3. The number of fused-ring (bicyclic) bond motifs is 1. The van der Waals surface area contributed by atoms with Crippen LogP contribution in [-0.4, -0.2) is 27.0 Å². The summed E-state index contributed by atoms with van der Waals surface area (Å²) in [4.78, 5) is 16.6. The van der Waals surface area contributed by atoms with Crippen molar-refractivity contribution in [1.29, 1.82) is 0 Å². The van der Waals surface area contributed by atoms with Gasteiger partial charge in [0, 0.05) is 18.0 Å². The van der Waals surface area contributed by atoms with Crippen LogP contribution in [-0.2, 0) is 0 Å². The first-order valence-corrected chi connectivity index (χ1v) is 6.59. The van der Waals surface area contributed by atoms with Crippen molar-refractivity contribution in [3.05, 3.63) is 42.0 Å². The van der Waals surface area contributed by atoms with E-state index >= 15 is 0 Å². The summed E-state index contributed by atoms with van der Waals surface area (Å²) in [5.74, 6) is 0.811. The molecule has 3 rings (SSSR count). The van der Waals surface area contributed by atoms with Crippen LogP contribution in [0.25, 0.3) is 0 Å². The molecule has 0 bridgehead atoms. The molecule has 0 aliphatic carbocycles. The van der Waals surface area contributed by atoms with E-state index in [2.05, 4.69) is 4.98 Å². The first kappa shape index (κ1) is 12.7. The predicted molar refractivity (Wildman–Crippen MR) is 73.3 cm³/mol. The van der Waals surface area contributed by atoms with Gasteiger partial charge in [-0.05, 0) is 18.1 Å². The zero-order valence-corrected chi connectivity index (χ0v) is 11.4. The Bertz CT molecular complexity index is 647. The highest BCUT2D eigenvalue weighted by atomic mass is 16.5. The number of ether oxygens (including phenoxy) is 1. The maximum absolute atomic E-state index is 12.6. The molecule has 5 nitrogen and oxygen atoms in total. The van der Waals surface area contributed by atoms with Gasteiger partial charge < -0.3 is 14.4 Å². The minimum atomic E-state index is -0.424. The van der Waals surface area contributed by atoms with E-state index in [9.17, 15) is 9.90 Å². The van der Waals surface area contributed by atoms with Crippen LogP contribution in [0.1, 0.15) is 41.7 Å². The van der Waals surface area contributed by atoms with E-state index in [4.69, 9.17) is 4.74 Å². The molecule has 5 heteroatoms. The lowest BCUT2D eigenvalue weighted by Crippen LogP contribution is -2.30. The second-order valence-corrected chi connectivity index (χ2v) is 5.27. The average molecular weight is 272 g/mol. The molecule has 0 fully saturated rings. The van der Waals surface area contributed by atoms with Gasteiger partial charge in [-0.3, -0.25) is 4.79 Å². The van der Waals surface area contributed by atoms with E-state index in [0.717, 1.165) is 5.56 Å². The molecule has 1 N–H and O–H groups in total. The molecule has 104 valence electrons. The lowest BCUT2D eigenvalue weighted by Gasteiger charge is -2.27. The molecule has 2 heterocycles. The van der Waals surface area contributed by atoms with E-state index in [1.54, 1.807) is 29.4 Å². The fraction of sp³-hybridized carbons (Fsp3) is 0.333. The number of hydrogen-bond acceptors (Lipinski definition) is 4.